The van der Waals surface area contributed by atoms with Crippen molar-refractivity contribution < 1.29 is 20.1 Å². The van der Waals surface area contributed by atoms with Gasteiger partial charge in [0.1, 0.15) is 6.10 Å². The predicted octanol–water partition coefficient (Wildman–Crippen LogP) is 8.64. The van der Waals surface area contributed by atoms with E-state index in [4.69, 9.17) is 0 Å². The van der Waals surface area contributed by atoms with Gasteiger partial charge < -0.3 is 20.6 Å². The van der Waals surface area contributed by atoms with Crippen molar-refractivity contribution in [3.05, 3.63) is 48.6 Å². The van der Waals surface area contributed by atoms with Gasteiger partial charge in [-0.1, -0.05) is 140 Å². The average Bonchev–Trinajstić information content (AvgIpc) is 2.98. The fourth-order valence-corrected chi connectivity index (χ4v) is 4.66. The Morgan fingerprint density at radius 3 is 1.68 bits per heavy atom. The van der Waals surface area contributed by atoms with Crippen molar-refractivity contribution in [2.75, 3.05) is 6.61 Å². The molecule has 0 spiro atoms. The van der Waals surface area contributed by atoms with Gasteiger partial charge in [0.2, 0.25) is 5.91 Å². The zero-order valence-electron chi connectivity index (χ0n) is 26.7. The van der Waals surface area contributed by atoms with Crippen molar-refractivity contribution in [2.45, 2.75) is 167 Å². The van der Waals surface area contributed by atoms with Crippen molar-refractivity contribution in [3.8, 4) is 0 Å². The molecule has 0 aliphatic heterocycles. The third-order valence-electron chi connectivity index (χ3n) is 7.42. The van der Waals surface area contributed by atoms with Gasteiger partial charge in [-0.3, -0.25) is 4.79 Å². The van der Waals surface area contributed by atoms with Gasteiger partial charge in [-0.15, -0.1) is 0 Å². The summed E-state index contributed by atoms with van der Waals surface area (Å²) in [4.78, 5) is 12.3. The van der Waals surface area contributed by atoms with Crippen LogP contribution in [-0.2, 0) is 4.79 Å². The summed E-state index contributed by atoms with van der Waals surface area (Å²) in [5, 5.41) is 32.8. The van der Waals surface area contributed by atoms with E-state index in [0.717, 1.165) is 64.2 Å². The van der Waals surface area contributed by atoms with Crippen LogP contribution in [0.5, 0.6) is 0 Å². The van der Waals surface area contributed by atoms with Crippen molar-refractivity contribution in [1.82, 2.24) is 5.32 Å². The van der Waals surface area contributed by atoms with Gasteiger partial charge >= 0.3 is 0 Å². The largest absolute Gasteiger partial charge is 0.394 e. The number of carbonyl (C=O) groups excluding carboxylic acids is 1. The normalized spacial score (nSPS) is 14.6. The maximum Gasteiger partial charge on any atom is 0.249 e. The van der Waals surface area contributed by atoms with Crippen LogP contribution in [0.15, 0.2) is 48.6 Å². The first kappa shape index (κ1) is 39.3. The smallest absolute Gasteiger partial charge is 0.249 e. The lowest BCUT2D eigenvalue weighted by Gasteiger charge is -2.21. The summed E-state index contributed by atoms with van der Waals surface area (Å²) in [7, 11) is 0. The summed E-state index contributed by atoms with van der Waals surface area (Å²) in [6, 6.07) is -0.819. The number of carbonyl (C=O) groups is 1. The van der Waals surface area contributed by atoms with Gasteiger partial charge in [0.05, 0.1) is 18.8 Å². The first-order chi connectivity index (χ1) is 20.1. The number of unbranched alkanes of at least 4 members (excludes halogenated alkanes) is 16. The monoisotopic (exact) mass is 575 g/mol. The molecule has 5 heteroatoms. The molecule has 0 aliphatic rings. The molecule has 1 amide bonds. The van der Waals surface area contributed by atoms with Crippen LogP contribution >= 0.6 is 0 Å². The zero-order chi connectivity index (χ0) is 30.2. The molecule has 0 rings (SSSR count). The van der Waals surface area contributed by atoms with Gasteiger partial charge in [0.25, 0.3) is 0 Å². The van der Waals surface area contributed by atoms with Crippen LogP contribution in [0.4, 0.5) is 0 Å². The molecule has 0 fully saturated rings. The third-order valence-corrected chi connectivity index (χ3v) is 7.42. The Labute approximate surface area is 253 Å². The molecule has 238 valence electrons. The lowest BCUT2D eigenvalue weighted by Crippen LogP contribution is -2.48. The fourth-order valence-electron chi connectivity index (χ4n) is 4.66. The Hall–Kier alpha value is -1.69. The number of nitrogens with one attached hydrogen (secondary N) is 1. The van der Waals surface area contributed by atoms with E-state index in [9.17, 15) is 20.1 Å². The second kappa shape index (κ2) is 31.3. The Morgan fingerprint density at radius 1 is 0.610 bits per heavy atom. The minimum atomic E-state index is -1.12. The van der Waals surface area contributed by atoms with E-state index in [0.29, 0.717) is 6.42 Å². The maximum absolute atomic E-state index is 12.3. The second-order valence-electron chi connectivity index (χ2n) is 11.4. The molecule has 0 aromatic carbocycles. The van der Waals surface area contributed by atoms with Crippen molar-refractivity contribution in [3.63, 3.8) is 0 Å². The standard InChI is InChI=1S/C36H65NO4/c1-3-5-7-9-11-13-15-17-19-21-23-25-27-29-31-35(40)36(41)37-33(32-38)34(39)30-28-26-24-22-20-18-16-14-12-10-8-6-4-2/h11,13,15,17,20,22,28,30,33-35,38-40H,3-10,12,14,16,18-19,21,23-27,29,31-32H2,1-2H3,(H,37,41)/b13-11-,17-15-,22-20+,30-28+. The first-order valence-electron chi connectivity index (χ1n) is 17.0. The van der Waals surface area contributed by atoms with Gasteiger partial charge in [-0.05, 0) is 57.8 Å². The SMILES string of the molecule is CCCCC/C=C\C=C/CCCCCCCC(O)C(=O)NC(CO)C(O)/C=C/CC/C=C/CCCCCCCCC. The number of allylic oxidation sites excluding steroid dienone is 7. The predicted molar refractivity (Wildman–Crippen MR) is 176 cm³/mol. The summed E-state index contributed by atoms with van der Waals surface area (Å²) in [5.74, 6) is -0.530. The Morgan fingerprint density at radius 2 is 1.07 bits per heavy atom. The van der Waals surface area contributed by atoms with E-state index < -0.39 is 24.2 Å². The summed E-state index contributed by atoms with van der Waals surface area (Å²) in [5.41, 5.74) is 0. The van der Waals surface area contributed by atoms with E-state index in [2.05, 4.69) is 55.6 Å². The number of amides is 1. The summed E-state index contributed by atoms with van der Waals surface area (Å²) >= 11 is 0. The molecule has 4 N–H and O–H groups in total. The number of hydrogen-bond donors (Lipinski definition) is 4. The highest BCUT2D eigenvalue weighted by atomic mass is 16.3. The van der Waals surface area contributed by atoms with E-state index in [1.165, 1.54) is 64.2 Å². The Kier molecular flexibility index (Phi) is 30.0. The molecule has 0 aromatic heterocycles. The highest BCUT2D eigenvalue weighted by Crippen LogP contribution is 2.11. The number of aliphatic hydroxyl groups excluding tert-OH is 3. The first-order valence-corrected chi connectivity index (χ1v) is 17.0. The molecule has 0 heterocycles. The molecule has 3 unspecified atom stereocenters. The topological polar surface area (TPSA) is 89.8 Å². The number of rotatable bonds is 29. The third kappa shape index (κ3) is 26.9. The number of hydrogen-bond acceptors (Lipinski definition) is 4. The summed E-state index contributed by atoms with van der Waals surface area (Å²) in [6.45, 7) is 4.09. The van der Waals surface area contributed by atoms with Crippen LogP contribution in [0.3, 0.4) is 0 Å². The highest BCUT2D eigenvalue weighted by Gasteiger charge is 2.22. The van der Waals surface area contributed by atoms with E-state index >= 15 is 0 Å². The molecular weight excluding hydrogens is 510 g/mol. The molecule has 0 aromatic rings. The van der Waals surface area contributed by atoms with Gasteiger partial charge in [-0.25, -0.2) is 0 Å². The minimum Gasteiger partial charge on any atom is -0.394 e. The quantitative estimate of drug-likeness (QED) is 0.0408. The van der Waals surface area contributed by atoms with Crippen LogP contribution < -0.4 is 5.32 Å². The fraction of sp³-hybridized carbons (Fsp3) is 0.750. The second-order valence-corrected chi connectivity index (χ2v) is 11.4. The molecule has 0 radical (unpaired) electrons. The van der Waals surface area contributed by atoms with Crippen molar-refractivity contribution in [2.24, 2.45) is 0 Å². The molecule has 0 bridgehead atoms. The molecule has 0 saturated heterocycles. The van der Waals surface area contributed by atoms with E-state index in [1.807, 2.05) is 6.08 Å². The number of aliphatic hydroxyl groups is 3. The summed E-state index contributed by atoms with van der Waals surface area (Å²) < 4.78 is 0. The van der Waals surface area contributed by atoms with Gasteiger partial charge in [-0.2, -0.15) is 0 Å². The van der Waals surface area contributed by atoms with Crippen LogP contribution in [0, 0.1) is 0 Å². The highest BCUT2D eigenvalue weighted by molar-refractivity contribution is 5.80. The van der Waals surface area contributed by atoms with Crippen LogP contribution in [0.2, 0.25) is 0 Å². The van der Waals surface area contributed by atoms with Crippen molar-refractivity contribution >= 4 is 5.91 Å². The van der Waals surface area contributed by atoms with Crippen LogP contribution in [0.1, 0.15) is 149 Å². The zero-order valence-corrected chi connectivity index (χ0v) is 26.7. The minimum absolute atomic E-state index is 0.384. The summed E-state index contributed by atoms with van der Waals surface area (Å²) in [6.07, 6.45) is 38.3. The lowest BCUT2D eigenvalue weighted by molar-refractivity contribution is -0.131. The molecule has 0 aliphatic carbocycles. The molecule has 5 nitrogen and oxygen atoms in total. The van der Waals surface area contributed by atoms with Gasteiger partial charge in [0.15, 0.2) is 0 Å². The Balaban J connectivity index is 3.89. The van der Waals surface area contributed by atoms with Crippen LogP contribution in [0.25, 0.3) is 0 Å². The molecule has 3 atom stereocenters. The average molecular weight is 576 g/mol. The van der Waals surface area contributed by atoms with Gasteiger partial charge in [0, 0.05) is 0 Å². The van der Waals surface area contributed by atoms with Crippen molar-refractivity contribution in [1.29, 1.82) is 0 Å². The van der Waals surface area contributed by atoms with E-state index in [1.54, 1.807) is 6.08 Å². The van der Waals surface area contributed by atoms with Crippen LogP contribution in [-0.4, -0.2) is 46.1 Å². The maximum atomic E-state index is 12.3. The lowest BCUT2D eigenvalue weighted by atomic mass is 10.1. The van der Waals surface area contributed by atoms with E-state index in [-0.39, 0.29) is 6.61 Å². The molecular formula is C36H65NO4. The molecule has 41 heavy (non-hydrogen) atoms. The Bertz CT molecular complexity index is 685. The molecule has 0 saturated carbocycles.